The summed E-state index contributed by atoms with van der Waals surface area (Å²) in [4.78, 5) is 12.5. The van der Waals surface area contributed by atoms with Crippen molar-refractivity contribution in [1.29, 1.82) is 0 Å². The number of nitrogens with one attached hydrogen (secondary N) is 2. The number of methoxy groups -OCH3 is 3. The highest BCUT2D eigenvalue weighted by molar-refractivity contribution is 5.75. The molecule has 158 valence electrons. The molecule has 0 aliphatic rings. The first-order chi connectivity index (χ1) is 13.8. The van der Waals surface area contributed by atoms with E-state index in [4.69, 9.17) is 14.2 Å². The molecular formula is C23H32N2O4. The minimum absolute atomic E-state index is 0.00328. The van der Waals surface area contributed by atoms with Crippen molar-refractivity contribution in [3.05, 3.63) is 52.6 Å². The molecule has 6 nitrogen and oxygen atoms in total. The monoisotopic (exact) mass is 400 g/mol. The minimum Gasteiger partial charge on any atom is -0.493 e. The lowest BCUT2D eigenvalue weighted by molar-refractivity contribution is 0.234. The molecular weight excluding hydrogens is 368 g/mol. The second-order valence-corrected chi connectivity index (χ2v) is 7.33. The van der Waals surface area contributed by atoms with Crippen LogP contribution in [0.15, 0.2) is 30.3 Å². The van der Waals surface area contributed by atoms with Gasteiger partial charge in [-0.3, -0.25) is 0 Å². The largest absolute Gasteiger partial charge is 0.493 e. The van der Waals surface area contributed by atoms with Gasteiger partial charge >= 0.3 is 6.03 Å². The van der Waals surface area contributed by atoms with Gasteiger partial charge in [0, 0.05) is 6.04 Å². The lowest BCUT2D eigenvalue weighted by atomic mass is 10.00. The van der Waals surface area contributed by atoms with Crippen LogP contribution < -0.4 is 24.8 Å². The molecule has 0 heterocycles. The van der Waals surface area contributed by atoms with Gasteiger partial charge in [0.05, 0.1) is 27.4 Å². The lowest BCUT2D eigenvalue weighted by Crippen LogP contribution is -2.42. The molecule has 0 spiro atoms. The molecule has 2 rings (SSSR count). The summed E-state index contributed by atoms with van der Waals surface area (Å²) in [6, 6.07) is 9.61. The van der Waals surface area contributed by atoms with E-state index in [1.54, 1.807) is 21.3 Å². The Balaban J connectivity index is 2.02. The fraction of sp³-hybridized carbons (Fsp3) is 0.435. The van der Waals surface area contributed by atoms with Crippen LogP contribution in [0.5, 0.6) is 17.2 Å². The second-order valence-electron chi connectivity index (χ2n) is 7.33. The number of benzene rings is 2. The number of rotatable bonds is 8. The van der Waals surface area contributed by atoms with Gasteiger partial charge in [0.1, 0.15) is 0 Å². The van der Waals surface area contributed by atoms with Crippen molar-refractivity contribution in [3.8, 4) is 17.2 Å². The first-order valence-electron chi connectivity index (χ1n) is 9.72. The third-order valence-electron chi connectivity index (χ3n) is 4.94. The summed E-state index contributed by atoms with van der Waals surface area (Å²) >= 11 is 0. The number of aryl methyl sites for hydroxylation is 2. The minimum atomic E-state index is -0.239. The topological polar surface area (TPSA) is 68.8 Å². The first kappa shape index (κ1) is 22.4. The molecule has 2 aromatic carbocycles. The Kier molecular flexibility index (Phi) is 7.76. The second kappa shape index (κ2) is 10.0. The highest BCUT2D eigenvalue weighted by Gasteiger charge is 2.18. The highest BCUT2D eigenvalue weighted by atomic mass is 16.5. The van der Waals surface area contributed by atoms with Crippen LogP contribution in [0.1, 0.15) is 42.1 Å². The molecule has 2 N–H and O–H groups in total. The van der Waals surface area contributed by atoms with Gasteiger partial charge in [-0.2, -0.15) is 0 Å². The number of amides is 2. The predicted octanol–water partition coefficient (Wildman–Crippen LogP) is 4.32. The average molecular weight is 401 g/mol. The van der Waals surface area contributed by atoms with E-state index in [1.165, 1.54) is 16.7 Å². The SMILES string of the molecule is COc1cc(C(C)NC(=O)NC(C)Cc2ccc(C)cc2C)cc(OC)c1OC. The highest BCUT2D eigenvalue weighted by Crippen LogP contribution is 2.39. The van der Waals surface area contributed by atoms with Gasteiger partial charge < -0.3 is 24.8 Å². The van der Waals surface area contributed by atoms with E-state index in [2.05, 4.69) is 42.7 Å². The number of ether oxygens (including phenoxy) is 3. The molecule has 0 aromatic heterocycles. The fourth-order valence-corrected chi connectivity index (χ4v) is 3.35. The molecule has 0 bridgehead atoms. The van der Waals surface area contributed by atoms with E-state index in [-0.39, 0.29) is 18.1 Å². The van der Waals surface area contributed by atoms with Gasteiger partial charge in [0.15, 0.2) is 11.5 Å². The van der Waals surface area contributed by atoms with E-state index >= 15 is 0 Å². The summed E-state index contributed by atoms with van der Waals surface area (Å²) in [5.41, 5.74) is 4.58. The first-order valence-corrected chi connectivity index (χ1v) is 9.72. The third-order valence-corrected chi connectivity index (χ3v) is 4.94. The van der Waals surface area contributed by atoms with Gasteiger partial charge in [-0.25, -0.2) is 4.79 Å². The summed E-state index contributed by atoms with van der Waals surface area (Å²) in [6.07, 6.45) is 0.776. The van der Waals surface area contributed by atoms with Crippen molar-refractivity contribution in [2.45, 2.75) is 46.2 Å². The zero-order chi connectivity index (χ0) is 21.6. The van der Waals surface area contributed by atoms with Gasteiger partial charge in [0.2, 0.25) is 5.75 Å². The van der Waals surface area contributed by atoms with Gasteiger partial charge in [-0.05, 0) is 62.9 Å². The van der Waals surface area contributed by atoms with Crippen LogP contribution in [-0.2, 0) is 6.42 Å². The Morgan fingerprint density at radius 3 is 2.07 bits per heavy atom. The molecule has 2 atom stereocenters. The Hall–Kier alpha value is -2.89. The van der Waals surface area contributed by atoms with E-state index in [9.17, 15) is 4.79 Å². The molecule has 29 heavy (non-hydrogen) atoms. The maximum Gasteiger partial charge on any atom is 0.315 e. The van der Waals surface area contributed by atoms with Crippen molar-refractivity contribution >= 4 is 6.03 Å². The van der Waals surface area contributed by atoms with Crippen LogP contribution in [0.25, 0.3) is 0 Å². The zero-order valence-corrected chi connectivity index (χ0v) is 18.4. The van der Waals surface area contributed by atoms with Crippen LogP contribution in [0.3, 0.4) is 0 Å². The van der Waals surface area contributed by atoms with Crippen LogP contribution in [0.2, 0.25) is 0 Å². The summed E-state index contributed by atoms with van der Waals surface area (Å²) in [5, 5.41) is 5.99. The quantitative estimate of drug-likeness (QED) is 0.692. The van der Waals surface area contributed by atoms with E-state index in [0.29, 0.717) is 17.2 Å². The fourth-order valence-electron chi connectivity index (χ4n) is 3.35. The molecule has 0 aliphatic carbocycles. The smallest absolute Gasteiger partial charge is 0.315 e. The van der Waals surface area contributed by atoms with Crippen molar-refractivity contribution in [2.24, 2.45) is 0 Å². The normalized spacial score (nSPS) is 12.7. The number of carbonyl (C=O) groups excluding carboxylic acids is 1. The number of hydrogen-bond donors (Lipinski definition) is 2. The summed E-state index contributed by atoms with van der Waals surface area (Å²) < 4.78 is 16.1. The maximum absolute atomic E-state index is 12.5. The van der Waals surface area contributed by atoms with Crippen molar-refractivity contribution in [3.63, 3.8) is 0 Å². The molecule has 2 amide bonds. The van der Waals surface area contributed by atoms with Crippen molar-refractivity contribution < 1.29 is 19.0 Å². The van der Waals surface area contributed by atoms with Crippen LogP contribution in [0.4, 0.5) is 4.79 Å². The maximum atomic E-state index is 12.5. The Labute approximate surface area is 173 Å². The van der Waals surface area contributed by atoms with Crippen LogP contribution >= 0.6 is 0 Å². The van der Waals surface area contributed by atoms with Crippen LogP contribution in [-0.4, -0.2) is 33.4 Å². The molecule has 0 radical (unpaired) electrons. The summed E-state index contributed by atoms with van der Waals surface area (Å²) in [7, 11) is 4.70. The molecule has 0 saturated heterocycles. The molecule has 2 unspecified atom stereocenters. The lowest BCUT2D eigenvalue weighted by Gasteiger charge is -2.21. The number of urea groups is 1. The average Bonchev–Trinajstić information content (AvgIpc) is 2.68. The van der Waals surface area contributed by atoms with E-state index in [0.717, 1.165) is 12.0 Å². The molecule has 6 heteroatoms. The summed E-state index contributed by atoms with van der Waals surface area (Å²) in [6.45, 7) is 8.09. The van der Waals surface area contributed by atoms with Crippen LogP contribution in [0, 0.1) is 13.8 Å². The third kappa shape index (κ3) is 5.79. The van der Waals surface area contributed by atoms with Crippen molar-refractivity contribution in [1.82, 2.24) is 10.6 Å². The molecule has 2 aromatic rings. The van der Waals surface area contributed by atoms with Gasteiger partial charge in [-0.15, -0.1) is 0 Å². The van der Waals surface area contributed by atoms with E-state index in [1.807, 2.05) is 26.0 Å². The Morgan fingerprint density at radius 2 is 1.55 bits per heavy atom. The van der Waals surface area contributed by atoms with Gasteiger partial charge in [-0.1, -0.05) is 23.8 Å². The number of carbonyl (C=O) groups is 1. The zero-order valence-electron chi connectivity index (χ0n) is 18.4. The van der Waals surface area contributed by atoms with Crippen molar-refractivity contribution in [2.75, 3.05) is 21.3 Å². The molecule has 0 saturated carbocycles. The molecule has 0 aliphatic heterocycles. The Bertz CT molecular complexity index is 826. The van der Waals surface area contributed by atoms with Gasteiger partial charge in [0.25, 0.3) is 0 Å². The summed E-state index contributed by atoms with van der Waals surface area (Å²) in [5.74, 6) is 1.63. The number of hydrogen-bond acceptors (Lipinski definition) is 4. The predicted molar refractivity (Wildman–Crippen MR) is 115 cm³/mol. The molecule has 0 fully saturated rings. The Morgan fingerprint density at radius 1 is 0.931 bits per heavy atom. The standard InChI is InChI=1S/C23H32N2O4/c1-14-8-9-18(15(2)10-14)11-16(3)24-23(26)25-17(4)19-12-20(27-5)22(29-7)21(13-19)28-6/h8-10,12-13,16-17H,11H2,1-7H3,(H2,24,25,26). The van der Waals surface area contributed by atoms with E-state index < -0.39 is 0 Å².